The fraction of sp³-hybridized carbons (Fsp3) is 0.429. The average molecular weight is 284 g/mol. The first-order chi connectivity index (χ1) is 9.08. The number of nitrogens with one attached hydrogen (secondary N) is 1. The van der Waals surface area contributed by atoms with Crippen molar-refractivity contribution in [2.45, 2.75) is 32.7 Å². The van der Waals surface area contributed by atoms with Gasteiger partial charge in [-0.15, -0.1) is 0 Å². The molecule has 1 N–H and O–H groups in total. The van der Waals surface area contributed by atoms with Crippen LogP contribution in [0.3, 0.4) is 0 Å². The van der Waals surface area contributed by atoms with E-state index < -0.39 is 0 Å². The zero-order valence-corrected chi connectivity index (χ0v) is 11.9. The molecule has 1 atom stereocenters. The minimum Gasteiger partial charge on any atom is -0.483 e. The second-order valence-electron chi connectivity index (χ2n) is 4.32. The van der Waals surface area contributed by atoms with Crippen molar-refractivity contribution in [1.82, 2.24) is 5.32 Å². The number of hydrogen-bond acceptors (Lipinski definition) is 3. The van der Waals surface area contributed by atoms with Crippen molar-refractivity contribution in [3.8, 4) is 5.75 Å². The van der Waals surface area contributed by atoms with Crippen molar-refractivity contribution in [3.05, 3.63) is 28.8 Å². The predicted molar refractivity (Wildman–Crippen MR) is 74.8 cm³/mol. The Bertz CT molecular complexity index is 448. The summed E-state index contributed by atoms with van der Waals surface area (Å²) in [4.78, 5) is 22.5. The van der Waals surface area contributed by atoms with Gasteiger partial charge in [0.05, 0.1) is 10.6 Å². The van der Waals surface area contributed by atoms with E-state index in [4.69, 9.17) is 16.3 Å². The Morgan fingerprint density at radius 1 is 1.53 bits per heavy atom. The molecule has 4 nitrogen and oxygen atoms in total. The lowest BCUT2D eigenvalue weighted by Crippen LogP contribution is -2.36. The molecule has 5 heteroatoms. The van der Waals surface area contributed by atoms with Crippen LogP contribution in [0.4, 0.5) is 0 Å². The smallest absolute Gasteiger partial charge is 0.258 e. The second-order valence-corrected chi connectivity index (χ2v) is 4.72. The van der Waals surface area contributed by atoms with E-state index in [0.717, 1.165) is 12.8 Å². The summed E-state index contributed by atoms with van der Waals surface area (Å²) in [5, 5.41) is 3.13. The highest BCUT2D eigenvalue weighted by molar-refractivity contribution is 6.33. The molecular weight excluding hydrogens is 266 g/mol. The highest BCUT2D eigenvalue weighted by Crippen LogP contribution is 2.24. The van der Waals surface area contributed by atoms with Crippen LogP contribution in [0.2, 0.25) is 5.02 Å². The van der Waals surface area contributed by atoms with Crippen LogP contribution < -0.4 is 10.1 Å². The van der Waals surface area contributed by atoms with Crippen molar-refractivity contribution in [2.75, 3.05) is 6.61 Å². The van der Waals surface area contributed by atoms with E-state index in [1.807, 2.05) is 6.92 Å². The van der Waals surface area contributed by atoms with Gasteiger partial charge in [0.25, 0.3) is 5.91 Å². The SMILES string of the molecule is CCCC(C)NC(=O)COc1cccc(Cl)c1C=O. The standard InChI is InChI=1S/C14H18ClNO3/c1-3-5-10(2)16-14(18)9-19-13-7-4-6-12(15)11(13)8-17/h4,6-8,10H,3,5,9H2,1-2H3,(H,16,18). The Hall–Kier alpha value is -1.55. The number of ether oxygens (including phenoxy) is 1. The van der Waals surface area contributed by atoms with Gasteiger partial charge >= 0.3 is 0 Å². The number of amides is 1. The number of aldehydes is 1. The van der Waals surface area contributed by atoms with Crippen LogP contribution in [0.15, 0.2) is 18.2 Å². The maximum atomic E-state index is 11.6. The Labute approximate surface area is 118 Å². The average Bonchev–Trinajstić information content (AvgIpc) is 2.36. The van der Waals surface area contributed by atoms with Gasteiger partial charge in [-0.05, 0) is 25.5 Å². The van der Waals surface area contributed by atoms with Crippen molar-refractivity contribution in [1.29, 1.82) is 0 Å². The molecule has 104 valence electrons. The highest BCUT2D eigenvalue weighted by atomic mass is 35.5. The maximum absolute atomic E-state index is 11.6. The Morgan fingerprint density at radius 3 is 2.89 bits per heavy atom. The Morgan fingerprint density at radius 2 is 2.26 bits per heavy atom. The van der Waals surface area contributed by atoms with E-state index in [9.17, 15) is 9.59 Å². The first-order valence-corrected chi connectivity index (χ1v) is 6.62. The van der Waals surface area contributed by atoms with Gasteiger partial charge in [-0.2, -0.15) is 0 Å². The van der Waals surface area contributed by atoms with Crippen molar-refractivity contribution in [2.24, 2.45) is 0 Å². The largest absolute Gasteiger partial charge is 0.483 e. The maximum Gasteiger partial charge on any atom is 0.258 e. The van der Waals surface area contributed by atoms with Gasteiger partial charge in [-0.1, -0.05) is 31.0 Å². The van der Waals surface area contributed by atoms with Crippen LogP contribution in [0, 0.1) is 0 Å². The van der Waals surface area contributed by atoms with Gasteiger partial charge in [0.1, 0.15) is 5.75 Å². The number of hydrogen-bond donors (Lipinski definition) is 1. The summed E-state index contributed by atoms with van der Waals surface area (Å²) in [6, 6.07) is 4.99. The number of carbonyl (C=O) groups is 2. The lowest BCUT2D eigenvalue weighted by molar-refractivity contribution is -0.123. The van der Waals surface area contributed by atoms with E-state index in [-0.39, 0.29) is 24.1 Å². The molecule has 0 fully saturated rings. The summed E-state index contributed by atoms with van der Waals surface area (Å²) in [7, 11) is 0. The van der Waals surface area contributed by atoms with Gasteiger partial charge in [0.2, 0.25) is 0 Å². The number of halogens is 1. The molecule has 0 spiro atoms. The molecule has 1 unspecified atom stereocenters. The van der Waals surface area contributed by atoms with Crippen LogP contribution in [0.25, 0.3) is 0 Å². The fourth-order valence-electron chi connectivity index (χ4n) is 1.72. The van der Waals surface area contributed by atoms with Crippen molar-refractivity contribution < 1.29 is 14.3 Å². The number of rotatable bonds is 7. The fourth-order valence-corrected chi connectivity index (χ4v) is 1.93. The van der Waals surface area contributed by atoms with Crippen LogP contribution in [0.5, 0.6) is 5.75 Å². The van der Waals surface area contributed by atoms with Crippen LogP contribution in [-0.4, -0.2) is 24.8 Å². The molecule has 0 saturated heterocycles. The van der Waals surface area contributed by atoms with Gasteiger partial charge in [0, 0.05) is 6.04 Å². The van der Waals surface area contributed by atoms with Gasteiger partial charge in [-0.3, -0.25) is 9.59 Å². The van der Waals surface area contributed by atoms with E-state index in [0.29, 0.717) is 17.1 Å². The zero-order valence-electron chi connectivity index (χ0n) is 11.1. The van der Waals surface area contributed by atoms with Crippen LogP contribution in [0.1, 0.15) is 37.0 Å². The third-order valence-corrected chi connectivity index (χ3v) is 2.95. The summed E-state index contributed by atoms with van der Waals surface area (Å²) in [6.07, 6.45) is 2.55. The van der Waals surface area contributed by atoms with Crippen LogP contribution >= 0.6 is 11.6 Å². The summed E-state index contributed by atoms with van der Waals surface area (Å²) >= 11 is 5.86. The molecule has 0 bridgehead atoms. The first kappa shape index (κ1) is 15.5. The van der Waals surface area contributed by atoms with Crippen molar-refractivity contribution in [3.63, 3.8) is 0 Å². The lowest BCUT2D eigenvalue weighted by atomic mass is 10.2. The molecule has 0 radical (unpaired) electrons. The van der Waals surface area contributed by atoms with E-state index >= 15 is 0 Å². The first-order valence-electron chi connectivity index (χ1n) is 6.24. The normalized spacial score (nSPS) is 11.7. The molecule has 0 aromatic heterocycles. The molecule has 0 saturated carbocycles. The molecule has 0 heterocycles. The molecule has 1 amide bonds. The Kier molecular flexibility index (Phi) is 6.36. The van der Waals surface area contributed by atoms with Crippen molar-refractivity contribution >= 4 is 23.8 Å². The Balaban J connectivity index is 2.55. The van der Waals surface area contributed by atoms with E-state index in [2.05, 4.69) is 12.2 Å². The highest BCUT2D eigenvalue weighted by Gasteiger charge is 2.10. The lowest BCUT2D eigenvalue weighted by Gasteiger charge is -2.14. The van der Waals surface area contributed by atoms with Crippen LogP contribution in [-0.2, 0) is 4.79 Å². The number of carbonyl (C=O) groups excluding carboxylic acids is 2. The minimum atomic E-state index is -0.210. The summed E-state index contributed by atoms with van der Waals surface area (Å²) in [5.74, 6) is 0.110. The molecule has 1 aromatic rings. The topological polar surface area (TPSA) is 55.4 Å². The van der Waals surface area contributed by atoms with Gasteiger partial charge in [0.15, 0.2) is 12.9 Å². The summed E-state index contributed by atoms with van der Waals surface area (Å²) in [6.45, 7) is 3.87. The molecule has 19 heavy (non-hydrogen) atoms. The molecular formula is C14H18ClNO3. The molecule has 0 aliphatic rings. The van der Waals surface area contributed by atoms with E-state index in [1.165, 1.54) is 0 Å². The minimum absolute atomic E-state index is 0.117. The second kappa shape index (κ2) is 7.79. The number of benzene rings is 1. The van der Waals surface area contributed by atoms with Gasteiger partial charge < -0.3 is 10.1 Å². The zero-order chi connectivity index (χ0) is 14.3. The molecule has 1 rings (SSSR count). The molecule has 0 aliphatic carbocycles. The quantitative estimate of drug-likeness (QED) is 0.783. The van der Waals surface area contributed by atoms with Gasteiger partial charge in [-0.25, -0.2) is 0 Å². The third-order valence-electron chi connectivity index (χ3n) is 2.62. The van der Waals surface area contributed by atoms with E-state index in [1.54, 1.807) is 18.2 Å². The summed E-state index contributed by atoms with van der Waals surface area (Å²) < 4.78 is 5.32. The third kappa shape index (κ3) is 4.91. The predicted octanol–water partition coefficient (Wildman–Crippen LogP) is 2.84. The molecule has 0 aliphatic heterocycles. The molecule has 1 aromatic carbocycles. The summed E-state index contributed by atoms with van der Waals surface area (Å²) in [5.41, 5.74) is 0.263. The monoisotopic (exact) mass is 283 g/mol.